The van der Waals surface area contributed by atoms with E-state index in [4.69, 9.17) is 22.1 Å². The largest absolute Gasteiger partial charge is 0.487 e. The highest BCUT2D eigenvalue weighted by Crippen LogP contribution is 2.23. The third-order valence-electron chi connectivity index (χ3n) is 5.52. The van der Waals surface area contributed by atoms with Crippen molar-refractivity contribution in [3.63, 3.8) is 0 Å². The van der Waals surface area contributed by atoms with Gasteiger partial charge in [-0.05, 0) is 62.2 Å². The molecule has 0 saturated carbocycles. The van der Waals surface area contributed by atoms with Gasteiger partial charge in [-0.3, -0.25) is 19.8 Å². The predicted molar refractivity (Wildman–Crippen MR) is 166 cm³/mol. The molecule has 0 fully saturated rings. The van der Waals surface area contributed by atoms with Gasteiger partial charge in [0.05, 0.1) is 28.5 Å². The molecule has 6 rings (SSSR count). The fraction of sp³-hybridized carbons (Fsp3) is 0.143. The molecule has 0 aliphatic carbocycles. The normalized spacial score (nSPS) is 10.3. The van der Waals surface area contributed by atoms with E-state index in [0.29, 0.717) is 17.2 Å². The van der Waals surface area contributed by atoms with Gasteiger partial charge in [0, 0.05) is 33.6 Å². The number of ether oxygens (including phenoxy) is 1. The zero-order valence-corrected chi connectivity index (χ0v) is 24.6. The third kappa shape index (κ3) is 9.07. The number of nitrogen functional groups attached to an aromatic ring is 1. The molecule has 212 valence electrons. The summed E-state index contributed by atoms with van der Waals surface area (Å²) in [5.41, 5.74) is 9.04. The van der Waals surface area contributed by atoms with Crippen LogP contribution in [-0.2, 0) is 12.8 Å². The lowest BCUT2D eigenvalue weighted by Gasteiger charge is -1.95. The molecule has 6 N–H and O–H groups in total. The number of methoxy groups -OCH3 is 1. The summed E-state index contributed by atoms with van der Waals surface area (Å²) in [5.74, 6) is 0.403. The number of rotatable bonds is 6. The van der Waals surface area contributed by atoms with E-state index in [1.165, 1.54) is 21.9 Å². The van der Waals surface area contributed by atoms with Gasteiger partial charge >= 0.3 is 0 Å². The quantitative estimate of drug-likeness (QED) is 0.163. The summed E-state index contributed by atoms with van der Waals surface area (Å²) < 4.78 is 5.77. The van der Waals surface area contributed by atoms with Gasteiger partial charge in [0.15, 0.2) is 5.06 Å². The molecule has 0 saturated heterocycles. The van der Waals surface area contributed by atoms with Gasteiger partial charge in [-0.2, -0.15) is 10.2 Å². The molecule has 0 aromatic carbocycles. The third-order valence-corrected chi connectivity index (χ3v) is 7.77. The molecule has 0 aliphatic rings. The highest BCUT2D eigenvalue weighted by atomic mass is 35.5. The summed E-state index contributed by atoms with van der Waals surface area (Å²) in [4.78, 5) is 30.2. The van der Waals surface area contributed by atoms with Crippen LogP contribution < -0.4 is 21.6 Å². The molecular weight excluding hydrogens is 582 g/mol. The van der Waals surface area contributed by atoms with Crippen LogP contribution in [0.3, 0.4) is 0 Å². The van der Waals surface area contributed by atoms with E-state index < -0.39 is 0 Å². The van der Waals surface area contributed by atoms with Crippen LogP contribution >= 0.6 is 34.3 Å². The number of hydrogen-bond acceptors (Lipinski definition) is 8. The minimum atomic E-state index is -0.148. The van der Waals surface area contributed by atoms with Crippen molar-refractivity contribution in [2.75, 3.05) is 12.8 Å². The van der Waals surface area contributed by atoms with E-state index in [2.05, 4.69) is 37.3 Å². The second-order valence-electron chi connectivity index (χ2n) is 8.62. The number of aromatic nitrogens is 6. The molecule has 6 heterocycles. The zero-order chi connectivity index (χ0) is 29.2. The Morgan fingerprint density at radius 3 is 2.12 bits per heavy atom. The lowest BCUT2D eigenvalue weighted by Crippen LogP contribution is -2.03. The zero-order valence-electron chi connectivity index (χ0n) is 22.2. The van der Waals surface area contributed by atoms with Crippen LogP contribution in [0.4, 0.5) is 5.82 Å². The molecule has 0 spiro atoms. The van der Waals surface area contributed by atoms with Crippen LogP contribution in [0.2, 0.25) is 4.34 Å². The Balaban J connectivity index is 0.000000158. The van der Waals surface area contributed by atoms with Crippen LogP contribution in [-0.4, -0.2) is 37.5 Å². The Kier molecular flexibility index (Phi) is 10.3. The topological polar surface area (TPSA) is 158 Å². The van der Waals surface area contributed by atoms with Gasteiger partial charge in [0.1, 0.15) is 11.5 Å². The van der Waals surface area contributed by atoms with E-state index in [1.807, 2.05) is 36.4 Å². The molecule has 6 aromatic rings. The average Bonchev–Trinajstić information content (AvgIpc) is 3.77. The fourth-order valence-corrected chi connectivity index (χ4v) is 5.33. The number of nitrogens with zero attached hydrogens (tertiary/aromatic N) is 2. The molecule has 0 aliphatic heterocycles. The summed E-state index contributed by atoms with van der Waals surface area (Å²) >= 11 is 9.17. The first-order chi connectivity index (χ1) is 19.8. The lowest BCUT2D eigenvalue weighted by atomic mass is 10.2. The number of H-pyrrole nitrogens is 4. The van der Waals surface area contributed by atoms with Crippen molar-refractivity contribution in [3.8, 4) is 27.8 Å². The van der Waals surface area contributed by atoms with Gasteiger partial charge in [-0.1, -0.05) is 23.7 Å². The van der Waals surface area contributed by atoms with Crippen molar-refractivity contribution in [2.24, 2.45) is 0 Å². The number of nitrogens with one attached hydrogen (secondary N) is 4. The summed E-state index contributed by atoms with van der Waals surface area (Å²) in [5, 5.41) is 14.7. The first-order valence-electron chi connectivity index (χ1n) is 12.4. The van der Waals surface area contributed by atoms with Gasteiger partial charge in [0.25, 0.3) is 0 Å². The second-order valence-corrected chi connectivity index (χ2v) is 11.7. The van der Waals surface area contributed by atoms with Crippen molar-refractivity contribution in [1.29, 1.82) is 0 Å². The molecular formula is C28H28ClN7O3S2. The first-order valence-corrected chi connectivity index (χ1v) is 14.4. The Morgan fingerprint density at radius 1 is 0.829 bits per heavy atom. The molecule has 0 bridgehead atoms. The average molecular weight is 610 g/mol. The summed E-state index contributed by atoms with van der Waals surface area (Å²) in [7, 11) is 1.69. The Labute approximate surface area is 248 Å². The van der Waals surface area contributed by atoms with E-state index >= 15 is 0 Å². The van der Waals surface area contributed by atoms with Crippen molar-refractivity contribution in [3.05, 3.63) is 113 Å². The number of aryl methyl sites for hydroxylation is 3. The SMILES string of the molecule is COc1ccc(C)s1.Nc1cc(-c2cccc(=O)[nH]2)[nH]n1.O=c1cccc(-c2cc(CCc3ccc(Cl)s3)[nH]n2)[nH]1. The predicted octanol–water partition coefficient (Wildman–Crippen LogP) is 5.68. The summed E-state index contributed by atoms with van der Waals surface area (Å²) in [6.07, 6.45) is 1.78. The highest BCUT2D eigenvalue weighted by molar-refractivity contribution is 7.16. The Morgan fingerprint density at radius 2 is 1.56 bits per heavy atom. The van der Waals surface area contributed by atoms with Gasteiger partial charge in [-0.25, -0.2) is 0 Å². The van der Waals surface area contributed by atoms with Crippen LogP contribution in [0.15, 0.2) is 82.4 Å². The molecule has 6 aromatic heterocycles. The number of halogens is 1. The smallest absolute Gasteiger partial charge is 0.248 e. The maximum atomic E-state index is 11.3. The van der Waals surface area contributed by atoms with E-state index in [1.54, 1.807) is 54.0 Å². The number of hydrogen-bond donors (Lipinski definition) is 5. The maximum Gasteiger partial charge on any atom is 0.248 e. The number of nitrogens with two attached hydrogens (primary N) is 1. The number of aromatic amines is 4. The van der Waals surface area contributed by atoms with Gasteiger partial charge in [0.2, 0.25) is 11.1 Å². The van der Waals surface area contributed by atoms with Crippen molar-refractivity contribution in [2.45, 2.75) is 19.8 Å². The number of thiophene rings is 2. The van der Waals surface area contributed by atoms with Crippen LogP contribution in [0.1, 0.15) is 15.4 Å². The minimum absolute atomic E-state index is 0.125. The van der Waals surface area contributed by atoms with Gasteiger partial charge in [-0.15, -0.1) is 22.7 Å². The van der Waals surface area contributed by atoms with Crippen LogP contribution in [0.25, 0.3) is 22.8 Å². The fourth-order valence-electron chi connectivity index (χ4n) is 3.57. The van der Waals surface area contributed by atoms with Crippen LogP contribution in [0, 0.1) is 6.92 Å². The minimum Gasteiger partial charge on any atom is -0.487 e. The molecule has 0 unspecified atom stereocenters. The second kappa shape index (κ2) is 14.3. The lowest BCUT2D eigenvalue weighted by molar-refractivity contribution is 0.427. The van der Waals surface area contributed by atoms with Crippen LogP contribution in [0.5, 0.6) is 5.06 Å². The standard InChI is InChI=1S/C14H12ClN3OS.C8H8N4O.C6H8OS/c15-13-7-6-10(20-13)5-4-9-8-12(18-17-9)11-2-1-3-14(19)16-11;9-7-4-6(11-12-7)5-2-1-3-8(13)10-5;1-5-3-4-6(7-2)8-5/h1-3,6-8H,4-5H2,(H,16,19)(H,17,18);1-4H,(H,10,13)(H3,9,11,12);3-4H,1-2H3. The Hall–Kier alpha value is -4.39. The van der Waals surface area contributed by atoms with E-state index in [0.717, 1.165) is 39.3 Å². The maximum absolute atomic E-state index is 11.3. The molecule has 0 radical (unpaired) electrons. The molecule has 13 heteroatoms. The van der Waals surface area contributed by atoms with E-state index in [-0.39, 0.29) is 11.1 Å². The van der Waals surface area contributed by atoms with E-state index in [9.17, 15) is 9.59 Å². The van der Waals surface area contributed by atoms with Crippen molar-refractivity contribution >= 4 is 40.1 Å². The van der Waals surface area contributed by atoms with Crippen molar-refractivity contribution < 1.29 is 4.74 Å². The van der Waals surface area contributed by atoms with Crippen molar-refractivity contribution in [1.82, 2.24) is 30.4 Å². The van der Waals surface area contributed by atoms with Gasteiger partial charge < -0.3 is 20.4 Å². The first kappa shape index (κ1) is 29.6. The highest BCUT2D eigenvalue weighted by Gasteiger charge is 2.06. The Bertz CT molecular complexity index is 1800. The molecule has 0 atom stereocenters. The number of anilines is 1. The number of pyridine rings is 2. The summed E-state index contributed by atoms with van der Waals surface area (Å²) in [6, 6.07) is 21.5. The molecule has 10 nitrogen and oxygen atoms in total. The molecule has 41 heavy (non-hydrogen) atoms. The molecule has 0 amide bonds. The summed E-state index contributed by atoms with van der Waals surface area (Å²) in [6.45, 7) is 2.06. The monoisotopic (exact) mass is 609 g/mol.